The summed E-state index contributed by atoms with van der Waals surface area (Å²) in [5, 5.41) is 12.7. The van der Waals surface area contributed by atoms with Crippen LogP contribution in [0.5, 0.6) is 5.75 Å². The van der Waals surface area contributed by atoms with E-state index >= 15 is 0 Å². The molecule has 0 aliphatic heterocycles. The van der Waals surface area contributed by atoms with Gasteiger partial charge in [0, 0.05) is 11.0 Å². The van der Waals surface area contributed by atoms with Gasteiger partial charge < -0.3 is 15.2 Å². The molecule has 0 saturated heterocycles. The van der Waals surface area contributed by atoms with Gasteiger partial charge in [0.15, 0.2) is 6.61 Å². The molecule has 0 fully saturated rings. The fourth-order valence-electron chi connectivity index (χ4n) is 1.65. The van der Waals surface area contributed by atoms with Gasteiger partial charge in [-0.1, -0.05) is 41.4 Å². The van der Waals surface area contributed by atoms with Crippen LogP contribution in [0.3, 0.4) is 0 Å². The second-order valence-electron chi connectivity index (χ2n) is 4.95. The van der Waals surface area contributed by atoms with Gasteiger partial charge in [0.1, 0.15) is 5.75 Å². The lowest BCUT2D eigenvalue weighted by Crippen LogP contribution is -2.35. The van der Waals surface area contributed by atoms with Crippen LogP contribution < -0.4 is 10.1 Å². The van der Waals surface area contributed by atoms with Crippen LogP contribution in [0.25, 0.3) is 0 Å². The first kappa shape index (κ1) is 17.3. The van der Waals surface area contributed by atoms with Crippen molar-refractivity contribution in [1.29, 1.82) is 0 Å². The zero-order chi connectivity index (χ0) is 15.1. The van der Waals surface area contributed by atoms with E-state index in [2.05, 4.69) is 21.2 Å². The molecule has 0 radical (unpaired) electrons. The van der Waals surface area contributed by atoms with Gasteiger partial charge in [-0.3, -0.25) is 4.79 Å². The number of carbonyl (C=O) groups is 1. The number of nitrogens with one attached hydrogen (secondary N) is 1. The number of carbonyl (C=O) groups excluding carboxylic acids is 1. The molecule has 0 spiro atoms. The van der Waals surface area contributed by atoms with Crippen molar-refractivity contribution in [2.45, 2.75) is 26.4 Å². The first-order valence-corrected chi connectivity index (χ1v) is 7.58. The Balaban J connectivity index is 2.33. The lowest BCUT2D eigenvalue weighted by atomic mass is 10.1. The van der Waals surface area contributed by atoms with E-state index in [-0.39, 0.29) is 19.1 Å². The number of amides is 1. The van der Waals surface area contributed by atoms with Gasteiger partial charge in [-0.25, -0.2) is 0 Å². The number of halogens is 2. The van der Waals surface area contributed by atoms with Crippen LogP contribution in [0.1, 0.15) is 20.3 Å². The molecule has 20 heavy (non-hydrogen) atoms. The molecule has 0 heterocycles. The standard InChI is InChI=1S/C14H19BrClNO3/c1-9(2)5-11(18)7-17-14(19)8-20-13-4-3-10(15)6-12(13)16/h3-4,6,9,11,18H,5,7-8H2,1-2H3,(H,17,19). The predicted octanol–water partition coefficient (Wildman–Crippen LogP) is 3.00. The maximum absolute atomic E-state index is 11.6. The zero-order valence-electron chi connectivity index (χ0n) is 11.5. The van der Waals surface area contributed by atoms with E-state index in [4.69, 9.17) is 16.3 Å². The zero-order valence-corrected chi connectivity index (χ0v) is 13.9. The molecule has 1 atom stereocenters. The van der Waals surface area contributed by atoms with Crippen molar-refractivity contribution in [2.24, 2.45) is 5.92 Å². The number of aliphatic hydroxyl groups excluding tert-OH is 1. The molecular weight excluding hydrogens is 346 g/mol. The average Bonchev–Trinajstić information content (AvgIpc) is 2.34. The topological polar surface area (TPSA) is 58.6 Å². The fraction of sp³-hybridized carbons (Fsp3) is 0.500. The summed E-state index contributed by atoms with van der Waals surface area (Å²) in [4.78, 5) is 11.6. The van der Waals surface area contributed by atoms with Gasteiger partial charge in [-0.05, 0) is 30.5 Å². The summed E-state index contributed by atoms with van der Waals surface area (Å²) in [6.45, 7) is 4.14. The van der Waals surface area contributed by atoms with Crippen molar-refractivity contribution in [3.05, 3.63) is 27.7 Å². The summed E-state index contributed by atoms with van der Waals surface area (Å²) in [6.07, 6.45) is 0.120. The third kappa shape index (κ3) is 6.59. The molecule has 0 aliphatic rings. The average molecular weight is 365 g/mol. The van der Waals surface area contributed by atoms with Crippen molar-refractivity contribution >= 4 is 33.4 Å². The minimum absolute atomic E-state index is 0.129. The Labute approximate surface area is 132 Å². The minimum Gasteiger partial charge on any atom is -0.482 e. The molecule has 2 N–H and O–H groups in total. The van der Waals surface area contributed by atoms with E-state index in [1.165, 1.54) is 0 Å². The Morgan fingerprint density at radius 1 is 1.50 bits per heavy atom. The Morgan fingerprint density at radius 2 is 2.20 bits per heavy atom. The number of rotatable bonds is 7. The molecule has 1 aromatic rings. The highest BCUT2D eigenvalue weighted by molar-refractivity contribution is 9.10. The SMILES string of the molecule is CC(C)CC(O)CNC(=O)COc1ccc(Br)cc1Cl. The van der Waals surface area contributed by atoms with E-state index in [0.717, 1.165) is 4.47 Å². The van der Waals surface area contributed by atoms with Gasteiger partial charge in [-0.2, -0.15) is 0 Å². The smallest absolute Gasteiger partial charge is 0.258 e. The molecule has 1 unspecified atom stereocenters. The maximum Gasteiger partial charge on any atom is 0.258 e. The third-order valence-electron chi connectivity index (χ3n) is 2.53. The Bertz CT molecular complexity index is 454. The quantitative estimate of drug-likeness (QED) is 0.782. The highest BCUT2D eigenvalue weighted by atomic mass is 79.9. The summed E-state index contributed by atoms with van der Waals surface area (Å²) in [5.41, 5.74) is 0. The van der Waals surface area contributed by atoms with Crippen molar-refractivity contribution in [1.82, 2.24) is 5.32 Å². The number of aliphatic hydroxyl groups is 1. The van der Waals surface area contributed by atoms with Crippen LogP contribution in [0, 0.1) is 5.92 Å². The van der Waals surface area contributed by atoms with Crippen LogP contribution in [0.2, 0.25) is 5.02 Å². The Kier molecular flexibility index (Phi) is 7.34. The van der Waals surface area contributed by atoms with E-state index in [1.807, 2.05) is 13.8 Å². The lowest BCUT2D eigenvalue weighted by molar-refractivity contribution is -0.123. The Morgan fingerprint density at radius 3 is 2.80 bits per heavy atom. The molecule has 1 aromatic carbocycles. The van der Waals surface area contributed by atoms with E-state index in [0.29, 0.717) is 23.1 Å². The number of hydrogen-bond acceptors (Lipinski definition) is 3. The number of hydrogen-bond donors (Lipinski definition) is 2. The maximum atomic E-state index is 11.6. The molecule has 0 bridgehead atoms. The molecule has 4 nitrogen and oxygen atoms in total. The normalized spacial score (nSPS) is 12.3. The number of benzene rings is 1. The van der Waals surface area contributed by atoms with E-state index in [1.54, 1.807) is 18.2 Å². The molecule has 0 aromatic heterocycles. The Hall–Kier alpha value is -0.780. The first-order valence-electron chi connectivity index (χ1n) is 6.41. The molecule has 1 rings (SSSR count). The van der Waals surface area contributed by atoms with Crippen LogP contribution in [-0.4, -0.2) is 30.3 Å². The van der Waals surface area contributed by atoms with E-state index < -0.39 is 6.10 Å². The molecule has 112 valence electrons. The molecule has 0 saturated carbocycles. The van der Waals surface area contributed by atoms with Gasteiger partial charge in [0.25, 0.3) is 5.91 Å². The largest absolute Gasteiger partial charge is 0.482 e. The van der Waals surface area contributed by atoms with Gasteiger partial charge in [0.05, 0.1) is 11.1 Å². The number of ether oxygens (including phenoxy) is 1. The predicted molar refractivity (Wildman–Crippen MR) is 83.1 cm³/mol. The summed E-state index contributed by atoms with van der Waals surface area (Å²) in [7, 11) is 0. The summed E-state index contributed by atoms with van der Waals surface area (Å²) in [5.74, 6) is 0.555. The van der Waals surface area contributed by atoms with Crippen molar-refractivity contribution in [2.75, 3.05) is 13.2 Å². The van der Waals surface area contributed by atoms with Gasteiger partial charge in [-0.15, -0.1) is 0 Å². The highest BCUT2D eigenvalue weighted by Crippen LogP contribution is 2.27. The second-order valence-corrected chi connectivity index (χ2v) is 6.27. The summed E-state index contributed by atoms with van der Waals surface area (Å²) in [6, 6.07) is 5.17. The van der Waals surface area contributed by atoms with Crippen LogP contribution >= 0.6 is 27.5 Å². The first-order chi connectivity index (χ1) is 9.38. The molecule has 0 aliphatic carbocycles. The van der Waals surface area contributed by atoms with Gasteiger partial charge >= 0.3 is 0 Å². The van der Waals surface area contributed by atoms with Crippen molar-refractivity contribution in [3.63, 3.8) is 0 Å². The van der Waals surface area contributed by atoms with Crippen LogP contribution in [0.15, 0.2) is 22.7 Å². The summed E-state index contributed by atoms with van der Waals surface area (Å²) < 4.78 is 6.16. The van der Waals surface area contributed by atoms with Crippen molar-refractivity contribution < 1.29 is 14.6 Å². The minimum atomic E-state index is -0.532. The van der Waals surface area contributed by atoms with Crippen LogP contribution in [0.4, 0.5) is 0 Å². The monoisotopic (exact) mass is 363 g/mol. The molecular formula is C14H19BrClNO3. The fourth-order valence-corrected chi connectivity index (χ4v) is 2.37. The molecule has 1 amide bonds. The van der Waals surface area contributed by atoms with Crippen LogP contribution in [-0.2, 0) is 4.79 Å². The summed E-state index contributed by atoms with van der Waals surface area (Å²) >= 11 is 9.26. The van der Waals surface area contributed by atoms with Gasteiger partial charge in [0.2, 0.25) is 0 Å². The lowest BCUT2D eigenvalue weighted by Gasteiger charge is -2.14. The highest BCUT2D eigenvalue weighted by Gasteiger charge is 2.10. The molecule has 6 heteroatoms. The van der Waals surface area contributed by atoms with Crippen molar-refractivity contribution in [3.8, 4) is 5.75 Å². The second kappa shape index (κ2) is 8.49. The van der Waals surface area contributed by atoms with E-state index in [9.17, 15) is 9.90 Å². The third-order valence-corrected chi connectivity index (χ3v) is 3.32.